The molecule has 3 N–H and O–H groups in total. The molecule has 0 bridgehead atoms. The van der Waals surface area contributed by atoms with E-state index in [-0.39, 0.29) is 24.0 Å². The van der Waals surface area contributed by atoms with E-state index in [0.717, 1.165) is 16.5 Å². The highest BCUT2D eigenvalue weighted by Gasteiger charge is 2.25. The minimum atomic E-state index is -0.0749. The Kier molecular flexibility index (Phi) is 4.91. The second kappa shape index (κ2) is 6.53. The van der Waals surface area contributed by atoms with Crippen LogP contribution in [0, 0.1) is 12.3 Å². The molecule has 0 aliphatic heterocycles. The summed E-state index contributed by atoms with van der Waals surface area (Å²) >= 11 is 0. The Balaban J connectivity index is 2.14. The lowest BCUT2D eigenvalue weighted by atomic mass is 9.85. The minimum absolute atomic E-state index is 0.00229. The van der Waals surface area contributed by atoms with Gasteiger partial charge in [-0.1, -0.05) is 32.9 Å². The van der Waals surface area contributed by atoms with E-state index in [2.05, 4.69) is 44.1 Å². The highest BCUT2D eigenvalue weighted by molar-refractivity contribution is 5.91. The van der Waals surface area contributed by atoms with E-state index < -0.39 is 0 Å². The molecule has 22 heavy (non-hydrogen) atoms. The van der Waals surface area contributed by atoms with E-state index in [4.69, 9.17) is 0 Å². The Labute approximate surface area is 131 Å². The number of aliphatic hydroxyl groups excluding tert-OH is 1. The van der Waals surface area contributed by atoms with Crippen LogP contribution in [0.3, 0.4) is 0 Å². The smallest absolute Gasteiger partial charge is 0.224 e. The molecule has 0 fully saturated rings. The number of rotatable bonds is 5. The van der Waals surface area contributed by atoms with Gasteiger partial charge in [-0.2, -0.15) is 0 Å². The third-order valence-electron chi connectivity index (χ3n) is 4.15. The third-order valence-corrected chi connectivity index (χ3v) is 4.15. The Bertz CT molecular complexity index is 653. The van der Waals surface area contributed by atoms with E-state index in [1.54, 1.807) is 0 Å². The van der Waals surface area contributed by atoms with Gasteiger partial charge in [0.25, 0.3) is 0 Å². The quantitative estimate of drug-likeness (QED) is 0.795. The average molecular weight is 302 g/mol. The zero-order chi connectivity index (χ0) is 16.3. The number of nitrogens with one attached hydrogen (secondary N) is 2. The van der Waals surface area contributed by atoms with E-state index in [9.17, 15) is 9.90 Å². The van der Waals surface area contributed by atoms with Crippen LogP contribution in [0.1, 0.15) is 38.3 Å². The minimum Gasteiger partial charge on any atom is -0.396 e. The van der Waals surface area contributed by atoms with Crippen LogP contribution in [0.25, 0.3) is 10.9 Å². The monoisotopic (exact) mass is 302 g/mol. The lowest BCUT2D eigenvalue weighted by Crippen LogP contribution is -2.44. The molecule has 0 spiro atoms. The SMILES string of the molecule is Cc1cccc2[nH]cc(CC(=O)NC(CCO)C(C)(C)C)c12. The molecule has 120 valence electrons. The topological polar surface area (TPSA) is 65.1 Å². The number of amides is 1. The first-order chi connectivity index (χ1) is 10.3. The molecule has 0 saturated carbocycles. The molecule has 2 rings (SSSR count). The van der Waals surface area contributed by atoms with E-state index in [0.29, 0.717) is 12.8 Å². The van der Waals surface area contributed by atoms with Crippen molar-refractivity contribution in [1.29, 1.82) is 0 Å². The first-order valence-electron chi connectivity index (χ1n) is 7.78. The molecule has 1 aromatic carbocycles. The molecular weight excluding hydrogens is 276 g/mol. The Morgan fingerprint density at radius 1 is 1.36 bits per heavy atom. The molecule has 0 aliphatic carbocycles. The summed E-state index contributed by atoms with van der Waals surface area (Å²) in [7, 11) is 0. The van der Waals surface area contributed by atoms with Crippen molar-refractivity contribution < 1.29 is 9.90 Å². The summed E-state index contributed by atoms with van der Waals surface area (Å²) in [6, 6.07) is 6.06. The van der Waals surface area contributed by atoms with E-state index in [1.807, 2.05) is 18.3 Å². The number of fused-ring (bicyclic) bond motifs is 1. The lowest BCUT2D eigenvalue weighted by Gasteiger charge is -2.31. The van der Waals surface area contributed by atoms with Crippen molar-refractivity contribution in [3.63, 3.8) is 0 Å². The van der Waals surface area contributed by atoms with Gasteiger partial charge < -0.3 is 15.4 Å². The fourth-order valence-electron chi connectivity index (χ4n) is 2.86. The van der Waals surface area contributed by atoms with Crippen molar-refractivity contribution in [2.45, 2.75) is 46.6 Å². The fraction of sp³-hybridized carbons (Fsp3) is 0.500. The van der Waals surface area contributed by atoms with Crippen LogP contribution in [0.4, 0.5) is 0 Å². The average Bonchev–Trinajstić information content (AvgIpc) is 2.82. The largest absolute Gasteiger partial charge is 0.396 e. The molecule has 2 aromatic rings. The molecular formula is C18H26N2O2. The van der Waals surface area contributed by atoms with E-state index in [1.165, 1.54) is 5.56 Å². The number of aromatic amines is 1. The molecule has 1 heterocycles. The fourth-order valence-corrected chi connectivity index (χ4v) is 2.86. The summed E-state index contributed by atoms with van der Waals surface area (Å²) in [4.78, 5) is 15.6. The molecule has 0 saturated heterocycles. The van der Waals surface area contributed by atoms with Gasteiger partial charge in [0.2, 0.25) is 5.91 Å². The summed E-state index contributed by atoms with van der Waals surface area (Å²) < 4.78 is 0. The highest BCUT2D eigenvalue weighted by atomic mass is 16.3. The van der Waals surface area contributed by atoms with Gasteiger partial charge in [0.05, 0.1) is 6.42 Å². The summed E-state index contributed by atoms with van der Waals surface area (Å²) in [5.74, 6) is -0.00229. The summed E-state index contributed by atoms with van der Waals surface area (Å²) in [5.41, 5.74) is 3.17. The number of carbonyl (C=O) groups is 1. The maximum atomic E-state index is 12.4. The number of hydrogen-bond acceptors (Lipinski definition) is 2. The second-order valence-electron chi connectivity index (χ2n) is 6.99. The lowest BCUT2D eigenvalue weighted by molar-refractivity contribution is -0.122. The number of aromatic nitrogens is 1. The molecule has 4 nitrogen and oxygen atoms in total. The Hall–Kier alpha value is -1.81. The second-order valence-corrected chi connectivity index (χ2v) is 6.99. The standard InChI is InChI=1S/C18H26N2O2/c1-12-6-5-7-14-17(12)13(11-19-14)10-16(22)20-15(8-9-21)18(2,3)4/h5-7,11,15,19,21H,8-10H2,1-4H3,(H,20,22). The molecule has 0 aliphatic rings. The molecule has 1 aromatic heterocycles. The number of aliphatic hydroxyl groups is 1. The maximum Gasteiger partial charge on any atom is 0.224 e. The van der Waals surface area contributed by atoms with Crippen LogP contribution in [0.5, 0.6) is 0 Å². The third kappa shape index (κ3) is 3.69. The molecule has 0 radical (unpaired) electrons. The van der Waals surface area contributed by atoms with Gasteiger partial charge in [-0.15, -0.1) is 0 Å². The number of aryl methyl sites for hydroxylation is 1. The maximum absolute atomic E-state index is 12.4. The molecule has 4 heteroatoms. The Morgan fingerprint density at radius 2 is 2.09 bits per heavy atom. The number of benzene rings is 1. The van der Waals surface area contributed by atoms with Crippen LogP contribution in [-0.2, 0) is 11.2 Å². The first kappa shape index (κ1) is 16.6. The molecule has 1 atom stereocenters. The summed E-state index contributed by atoms with van der Waals surface area (Å²) in [5, 5.41) is 13.4. The van der Waals surface area contributed by atoms with Crippen molar-refractivity contribution in [2.24, 2.45) is 5.41 Å². The van der Waals surface area contributed by atoms with Crippen LogP contribution in [-0.4, -0.2) is 28.6 Å². The van der Waals surface area contributed by atoms with Crippen LogP contribution >= 0.6 is 0 Å². The number of hydrogen-bond donors (Lipinski definition) is 3. The van der Waals surface area contributed by atoms with Gasteiger partial charge in [-0.3, -0.25) is 4.79 Å². The van der Waals surface area contributed by atoms with Crippen molar-refractivity contribution in [2.75, 3.05) is 6.61 Å². The van der Waals surface area contributed by atoms with Gasteiger partial charge in [0, 0.05) is 29.7 Å². The normalized spacial score (nSPS) is 13.3. The number of carbonyl (C=O) groups excluding carboxylic acids is 1. The van der Waals surface area contributed by atoms with Gasteiger partial charge in [0.15, 0.2) is 0 Å². The zero-order valence-corrected chi connectivity index (χ0v) is 13.9. The van der Waals surface area contributed by atoms with Gasteiger partial charge in [0.1, 0.15) is 0 Å². The van der Waals surface area contributed by atoms with Crippen LogP contribution < -0.4 is 5.32 Å². The highest BCUT2D eigenvalue weighted by Crippen LogP contribution is 2.24. The first-order valence-corrected chi connectivity index (χ1v) is 7.78. The molecule has 1 amide bonds. The van der Waals surface area contributed by atoms with E-state index >= 15 is 0 Å². The van der Waals surface area contributed by atoms with Gasteiger partial charge in [-0.25, -0.2) is 0 Å². The van der Waals surface area contributed by atoms with Gasteiger partial charge in [-0.05, 0) is 36.0 Å². The summed E-state index contributed by atoms with van der Waals surface area (Å²) in [6.07, 6.45) is 2.83. The Morgan fingerprint density at radius 3 is 2.73 bits per heavy atom. The van der Waals surface area contributed by atoms with Gasteiger partial charge >= 0.3 is 0 Å². The van der Waals surface area contributed by atoms with Crippen LogP contribution in [0.15, 0.2) is 24.4 Å². The van der Waals surface area contributed by atoms with Crippen LogP contribution in [0.2, 0.25) is 0 Å². The van der Waals surface area contributed by atoms with Crippen molar-refractivity contribution >= 4 is 16.8 Å². The summed E-state index contributed by atoms with van der Waals surface area (Å²) in [6.45, 7) is 8.35. The predicted octanol–water partition coefficient (Wildman–Crippen LogP) is 2.93. The number of H-pyrrole nitrogens is 1. The van der Waals surface area contributed by atoms with Crippen molar-refractivity contribution in [3.05, 3.63) is 35.5 Å². The zero-order valence-electron chi connectivity index (χ0n) is 13.9. The molecule has 1 unspecified atom stereocenters. The predicted molar refractivity (Wildman–Crippen MR) is 89.8 cm³/mol. The van der Waals surface area contributed by atoms with Crippen molar-refractivity contribution in [1.82, 2.24) is 10.3 Å². The van der Waals surface area contributed by atoms with Crippen molar-refractivity contribution in [3.8, 4) is 0 Å².